The Hall–Kier alpha value is -4.38. The van der Waals surface area contributed by atoms with Crippen molar-refractivity contribution in [2.24, 2.45) is 17.3 Å². The summed E-state index contributed by atoms with van der Waals surface area (Å²) in [5, 5.41) is 15.9. The maximum atomic E-state index is 13.3. The van der Waals surface area contributed by atoms with Crippen LogP contribution in [0.15, 0.2) is 76.3 Å². The number of rotatable bonds is 8. The van der Waals surface area contributed by atoms with Gasteiger partial charge in [-0.05, 0) is 61.6 Å². The maximum absolute atomic E-state index is 13.3. The van der Waals surface area contributed by atoms with E-state index >= 15 is 0 Å². The molecule has 11 heteroatoms. The Labute approximate surface area is 226 Å². The maximum Gasteiger partial charge on any atom is 0.303 e. The van der Waals surface area contributed by atoms with E-state index in [1.165, 1.54) is 17.1 Å². The first-order valence-corrected chi connectivity index (χ1v) is 14.2. The molecular weight excluding hydrogens is 518 g/mol. The number of hydrogen-bond donors (Lipinski definition) is 2. The molecule has 0 saturated carbocycles. The van der Waals surface area contributed by atoms with Crippen LogP contribution in [-0.4, -0.2) is 48.1 Å². The number of nitrogens with zero attached hydrogens (tertiary/aromatic N) is 4. The van der Waals surface area contributed by atoms with Gasteiger partial charge in [-0.3, -0.25) is 24.0 Å². The molecule has 10 nitrogen and oxygen atoms in total. The lowest BCUT2D eigenvalue weighted by Gasteiger charge is -2.16. The molecule has 1 aliphatic rings. The van der Waals surface area contributed by atoms with Gasteiger partial charge in [-0.15, -0.1) is 0 Å². The second-order valence-electron chi connectivity index (χ2n) is 9.38. The van der Waals surface area contributed by atoms with Crippen LogP contribution in [0.3, 0.4) is 0 Å². The van der Waals surface area contributed by atoms with Gasteiger partial charge in [0, 0.05) is 48.3 Å². The lowest BCUT2D eigenvalue weighted by molar-refractivity contribution is -0.137. The first-order chi connectivity index (χ1) is 18.5. The van der Waals surface area contributed by atoms with Crippen molar-refractivity contribution in [3.63, 3.8) is 0 Å². The zero-order valence-corrected chi connectivity index (χ0v) is 22.6. The molecular formula is C28H29N5O5S. The third-order valence-electron chi connectivity index (χ3n) is 6.25. The summed E-state index contributed by atoms with van der Waals surface area (Å²) < 4.78 is 18.8. The van der Waals surface area contributed by atoms with Crippen LogP contribution in [0.25, 0.3) is 11.1 Å². The Balaban J connectivity index is 1.50. The van der Waals surface area contributed by atoms with Crippen molar-refractivity contribution in [1.29, 1.82) is 0 Å². The van der Waals surface area contributed by atoms with Gasteiger partial charge in [0.1, 0.15) is 5.69 Å². The Morgan fingerprint density at radius 3 is 2.64 bits per heavy atom. The van der Waals surface area contributed by atoms with E-state index in [2.05, 4.69) is 19.8 Å². The molecule has 0 fully saturated rings. The number of pyridine rings is 1. The molecule has 0 spiro atoms. The molecule has 1 aromatic carbocycles. The number of amides is 2. The predicted molar refractivity (Wildman–Crippen MR) is 149 cm³/mol. The highest BCUT2D eigenvalue weighted by Crippen LogP contribution is 2.26. The summed E-state index contributed by atoms with van der Waals surface area (Å²) in [5.41, 5.74) is 3.26. The highest BCUT2D eigenvalue weighted by molar-refractivity contribution is 7.97. The SMILES string of the molecule is Cc1cc(C(=O)Nc2cccc(-c3cncc(C(=O)N=S(C)(=O)C4=CCC(CCC(=O)O)C=C4)c3)c2)n(C)n1. The van der Waals surface area contributed by atoms with Crippen molar-refractivity contribution in [2.75, 3.05) is 11.6 Å². The zero-order chi connectivity index (χ0) is 28.2. The molecule has 202 valence electrons. The molecule has 2 N–H and O–H groups in total. The first-order valence-electron chi connectivity index (χ1n) is 12.3. The Morgan fingerprint density at radius 1 is 1.18 bits per heavy atom. The molecule has 1 aliphatic carbocycles. The summed E-state index contributed by atoms with van der Waals surface area (Å²) in [4.78, 5) is 41.1. The third-order valence-corrected chi connectivity index (χ3v) is 7.94. The Kier molecular flexibility index (Phi) is 8.20. The van der Waals surface area contributed by atoms with Crippen LogP contribution >= 0.6 is 0 Å². The minimum Gasteiger partial charge on any atom is -0.481 e. The van der Waals surface area contributed by atoms with Crippen LogP contribution in [0.4, 0.5) is 5.69 Å². The molecule has 39 heavy (non-hydrogen) atoms. The van der Waals surface area contributed by atoms with E-state index in [1.807, 2.05) is 19.1 Å². The molecule has 2 atom stereocenters. The van der Waals surface area contributed by atoms with Crippen molar-refractivity contribution in [3.8, 4) is 11.1 Å². The number of anilines is 1. The minimum atomic E-state index is -3.01. The summed E-state index contributed by atoms with van der Waals surface area (Å²) in [6.07, 6.45) is 10.7. The van der Waals surface area contributed by atoms with E-state index < -0.39 is 21.6 Å². The van der Waals surface area contributed by atoms with Gasteiger partial charge in [-0.1, -0.05) is 24.3 Å². The number of carbonyl (C=O) groups excluding carboxylic acids is 2. The Bertz CT molecular complexity index is 1630. The molecule has 2 aromatic heterocycles. The summed E-state index contributed by atoms with van der Waals surface area (Å²) in [6.45, 7) is 1.81. The second-order valence-corrected chi connectivity index (χ2v) is 11.6. The fraction of sp³-hybridized carbons (Fsp3) is 0.250. The van der Waals surface area contributed by atoms with E-state index in [4.69, 9.17) is 5.11 Å². The summed E-state index contributed by atoms with van der Waals surface area (Å²) in [6, 6.07) is 10.4. The van der Waals surface area contributed by atoms with E-state index in [9.17, 15) is 18.6 Å². The highest BCUT2D eigenvalue weighted by atomic mass is 32.2. The van der Waals surface area contributed by atoms with Crippen molar-refractivity contribution in [3.05, 3.63) is 88.9 Å². The molecule has 3 aromatic rings. The third kappa shape index (κ3) is 6.94. The van der Waals surface area contributed by atoms with E-state index in [-0.39, 0.29) is 23.8 Å². The van der Waals surface area contributed by atoms with Gasteiger partial charge in [0.2, 0.25) is 0 Å². The monoisotopic (exact) mass is 547 g/mol. The van der Waals surface area contributed by atoms with E-state index in [0.29, 0.717) is 34.7 Å². The second kappa shape index (κ2) is 11.6. The Morgan fingerprint density at radius 2 is 1.97 bits per heavy atom. The number of nitrogens with one attached hydrogen (secondary N) is 1. The number of carbonyl (C=O) groups is 3. The van der Waals surface area contributed by atoms with Crippen LogP contribution in [0.5, 0.6) is 0 Å². The van der Waals surface area contributed by atoms with Crippen LogP contribution in [0.2, 0.25) is 0 Å². The lowest BCUT2D eigenvalue weighted by Crippen LogP contribution is -2.16. The van der Waals surface area contributed by atoms with Gasteiger partial charge in [0.15, 0.2) is 0 Å². The van der Waals surface area contributed by atoms with E-state index in [1.54, 1.807) is 55.7 Å². The molecule has 4 rings (SSSR count). The number of aliphatic carboxylic acids is 1. The fourth-order valence-corrected chi connectivity index (χ4v) is 5.49. The molecule has 0 saturated heterocycles. The first kappa shape index (κ1) is 27.6. The molecule has 2 unspecified atom stereocenters. The van der Waals surface area contributed by atoms with Crippen LogP contribution in [0, 0.1) is 12.8 Å². The van der Waals surface area contributed by atoms with Crippen LogP contribution in [0.1, 0.15) is 45.8 Å². The normalized spacial score (nSPS) is 16.2. The predicted octanol–water partition coefficient (Wildman–Crippen LogP) is 4.61. The molecule has 0 radical (unpaired) electrons. The number of carboxylic acids is 1. The molecule has 2 amide bonds. The average Bonchev–Trinajstić information content (AvgIpc) is 3.25. The van der Waals surface area contributed by atoms with Gasteiger partial charge in [-0.25, -0.2) is 4.21 Å². The lowest BCUT2D eigenvalue weighted by atomic mass is 9.96. The summed E-state index contributed by atoms with van der Waals surface area (Å²) in [7, 11) is -1.31. The summed E-state index contributed by atoms with van der Waals surface area (Å²) >= 11 is 0. The quantitative estimate of drug-likeness (QED) is 0.419. The zero-order valence-electron chi connectivity index (χ0n) is 21.8. The van der Waals surface area contributed by atoms with Gasteiger partial charge < -0.3 is 10.4 Å². The van der Waals surface area contributed by atoms with Crippen molar-refractivity contribution in [2.45, 2.75) is 26.2 Å². The number of aromatic nitrogens is 3. The van der Waals surface area contributed by atoms with Crippen molar-refractivity contribution in [1.82, 2.24) is 14.8 Å². The summed E-state index contributed by atoms with van der Waals surface area (Å²) in [5.74, 6) is -1.76. The standard InChI is InChI=1S/C28H29N5O5S/c1-18-13-25(33(2)31-18)28(37)30-23-6-4-5-20(15-23)21-14-22(17-29-16-21)27(36)32-39(3,38)24-10-7-19(8-11-24)9-12-26(34)35/h4-7,10-11,13-17,19H,8-9,12H2,1-3H3,(H,30,37)(H,34,35). The van der Waals surface area contributed by atoms with Gasteiger partial charge in [0.25, 0.3) is 11.8 Å². The average molecular weight is 548 g/mol. The smallest absolute Gasteiger partial charge is 0.303 e. The molecule has 2 heterocycles. The number of carboxylic acid groups (broad SMARTS) is 1. The largest absolute Gasteiger partial charge is 0.481 e. The van der Waals surface area contributed by atoms with Crippen LogP contribution < -0.4 is 5.32 Å². The topological polar surface area (TPSA) is 144 Å². The van der Waals surface area contributed by atoms with Gasteiger partial charge >= 0.3 is 5.97 Å². The number of allylic oxidation sites excluding steroid dienone is 3. The van der Waals surface area contributed by atoms with E-state index in [0.717, 1.165) is 11.3 Å². The minimum absolute atomic E-state index is 0.0467. The molecule has 0 bridgehead atoms. The number of hydrogen-bond acceptors (Lipinski definition) is 6. The fourth-order valence-electron chi connectivity index (χ4n) is 4.22. The van der Waals surface area contributed by atoms with Gasteiger partial charge in [-0.2, -0.15) is 9.46 Å². The molecule has 0 aliphatic heterocycles. The van der Waals surface area contributed by atoms with Crippen LogP contribution in [-0.2, 0) is 21.6 Å². The number of benzene rings is 1. The van der Waals surface area contributed by atoms with Crippen molar-refractivity contribution >= 4 is 33.2 Å². The highest BCUT2D eigenvalue weighted by Gasteiger charge is 2.18. The van der Waals surface area contributed by atoms with Crippen molar-refractivity contribution < 1.29 is 23.7 Å². The van der Waals surface area contributed by atoms with Gasteiger partial charge in [0.05, 0.1) is 21.0 Å². The number of aryl methyl sites for hydroxylation is 2.